The van der Waals surface area contributed by atoms with E-state index in [2.05, 4.69) is 5.32 Å². The highest BCUT2D eigenvalue weighted by molar-refractivity contribution is 7.89. The number of aryl methyl sites for hydroxylation is 1. The Hall–Kier alpha value is -2.62. The molecule has 0 saturated heterocycles. The summed E-state index contributed by atoms with van der Waals surface area (Å²) < 4.78 is 33.1. The molecule has 0 fully saturated rings. The van der Waals surface area contributed by atoms with Crippen molar-refractivity contribution in [2.45, 2.75) is 37.7 Å². The number of hydrogen-bond donors (Lipinski definition) is 2. The number of rotatable bonds is 9. The van der Waals surface area contributed by atoms with Crippen LogP contribution in [0.1, 0.15) is 25.3 Å². The SMILES string of the molecule is Cc1cc(OCCCC(=O)OC(C)C(=O)Nc2ccc(S(N)(=O)=O)cc2)ccc1Cl. The average Bonchev–Trinajstić information content (AvgIpc) is 2.67. The summed E-state index contributed by atoms with van der Waals surface area (Å²) in [7, 11) is -3.81. The summed E-state index contributed by atoms with van der Waals surface area (Å²) in [4.78, 5) is 24.0. The lowest BCUT2D eigenvalue weighted by molar-refractivity contribution is -0.153. The molecule has 2 aromatic rings. The first-order valence-electron chi connectivity index (χ1n) is 9.08. The molecule has 0 bridgehead atoms. The van der Waals surface area contributed by atoms with Crippen molar-refractivity contribution in [3.05, 3.63) is 53.1 Å². The lowest BCUT2D eigenvalue weighted by Crippen LogP contribution is -2.30. The number of carbonyl (C=O) groups is 2. The molecule has 30 heavy (non-hydrogen) atoms. The fraction of sp³-hybridized carbons (Fsp3) is 0.300. The third-order valence-corrected chi connectivity index (χ3v) is 5.40. The topological polar surface area (TPSA) is 125 Å². The number of primary sulfonamides is 1. The lowest BCUT2D eigenvalue weighted by Gasteiger charge is -2.14. The summed E-state index contributed by atoms with van der Waals surface area (Å²) in [6.07, 6.45) is -0.507. The molecule has 1 unspecified atom stereocenters. The standard InChI is InChI=1S/C20H23ClN2O6S/c1-13-12-16(7-10-18(13)21)28-11-3-4-19(24)29-14(2)20(25)23-15-5-8-17(9-6-15)30(22,26)27/h5-10,12,14H,3-4,11H2,1-2H3,(H,23,25)(H2,22,26,27). The highest BCUT2D eigenvalue weighted by atomic mass is 35.5. The minimum atomic E-state index is -3.81. The zero-order valence-electron chi connectivity index (χ0n) is 16.6. The van der Waals surface area contributed by atoms with Gasteiger partial charge in [-0.3, -0.25) is 9.59 Å². The van der Waals surface area contributed by atoms with Gasteiger partial charge in [-0.05, 0) is 68.3 Å². The van der Waals surface area contributed by atoms with Crippen LogP contribution in [0.2, 0.25) is 5.02 Å². The number of esters is 1. The van der Waals surface area contributed by atoms with Gasteiger partial charge in [-0.25, -0.2) is 13.6 Å². The normalized spacial score (nSPS) is 12.1. The first kappa shape index (κ1) is 23.7. The quantitative estimate of drug-likeness (QED) is 0.443. The number of carbonyl (C=O) groups excluding carboxylic acids is 2. The summed E-state index contributed by atoms with van der Waals surface area (Å²) in [5.74, 6) is -0.413. The predicted molar refractivity (Wildman–Crippen MR) is 113 cm³/mol. The molecule has 10 heteroatoms. The Kier molecular flexibility index (Phi) is 8.22. The highest BCUT2D eigenvalue weighted by Gasteiger charge is 2.18. The minimum absolute atomic E-state index is 0.0732. The van der Waals surface area contributed by atoms with E-state index in [1.165, 1.54) is 31.2 Å². The molecular weight excluding hydrogens is 432 g/mol. The maximum atomic E-state index is 12.1. The van der Waals surface area contributed by atoms with E-state index in [0.29, 0.717) is 29.5 Å². The van der Waals surface area contributed by atoms with Gasteiger partial charge in [0.2, 0.25) is 10.0 Å². The molecule has 0 radical (unpaired) electrons. The summed E-state index contributed by atoms with van der Waals surface area (Å²) in [5, 5.41) is 8.21. The van der Waals surface area contributed by atoms with Gasteiger partial charge in [0.15, 0.2) is 6.10 Å². The van der Waals surface area contributed by atoms with Crippen LogP contribution in [0.15, 0.2) is 47.4 Å². The van der Waals surface area contributed by atoms with Crippen LogP contribution >= 0.6 is 11.6 Å². The molecule has 0 aliphatic carbocycles. The number of nitrogens with one attached hydrogen (secondary N) is 1. The van der Waals surface area contributed by atoms with E-state index in [1.54, 1.807) is 12.1 Å². The summed E-state index contributed by atoms with van der Waals surface area (Å²) in [6, 6.07) is 10.6. The molecule has 2 aromatic carbocycles. The van der Waals surface area contributed by atoms with Gasteiger partial charge in [0.1, 0.15) is 5.75 Å². The molecule has 2 rings (SSSR count). The van der Waals surface area contributed by atoms with Crippen molar-refractivity contribution < 1.29 is 27.5 Å². The second kappa shape index (κ2) is 10.4. The van der Waals surface area contributed by atoms with Crippen molar-refractivity contribution in [3.63, 3.8) is 0 Å². The van der Waals surface area contributed by atoms with Crippen LogP contribution in [0.25, 0.3) is 0 Å². The number of benzene rings is 2. The molecule has 0 aromatic heterocycles. The average molecular weight is 455 g/mol. The number of sulfonamides is 1. The molecule has 1 amide bonds. The third kappa shape index (κ3) is 7.33. The second-order valence-corrected chi connectivity index (χ2v) is 8.52. The Balaban J connectivity index is 1.73. The van der Waals surface area contributed by atoms with Crippen LogP contribution < -0.4 is 15.2 Å². The van der Waals surface area contributed by atoms with E-state index < -0.39 is 28.0 Å². The first-order chi connectivity index (χ1) is 14.1. The van der Waals surface area contributed by atoms with Crippen LogP contribution in [0.5, 0.6) is 5.75 Å². The number of amides is 1. The molecular formula is C20H23ClN2O6S. The molecule has 8 nitrogen and oxygen atoms in total. The predicted octanol–water partition coefficient (Wildman–Crippen LogP) is 3.03. The van der Waals surface area contributed by atoms with E-state index >= 15 is 0 Å². The van der Waals surface area contributed by atoms with Crippen molar-refractivity contribution in [2.75, 3.05) is 11.9 Å². The molecule has 0 aliphatic rings. The third-order valence-electron chi connectivity index (χ3n) is 4.05. The number of nitrogens with two attached hydrogens (primary N) is 1. The van der Waals surface area contributed by atoms with Crippen molar-refractivity contribution in [1.82, 2.24) is 0 Å². The zero-order chi connectivity index (χ0) is 22.3. The summed E-state index contributed by atoms with van der Waals surface area (Å²) in [5.41, 5.74) is 1.25. The number of anilines is 1. The van der Waals surface area contributed by atoms with Gasteiger partial charge < -0.3 is 14.8 Å². The molecule has 0 saturated carbocycles. The van der Waals surface area contributed by atoms with Gasteiger partial charge in [0.05, 0.1) is 11.5 Å². The van der Waals surface area contributed by atoms with Crippen molar-refractivity contribution in [3.8, 4) is 5.75 Å². The minimum Gasteiger partial charge on any atom is -0.494 e. The lowest BCUT2D eigenvalue weighted by atomic mass is 10.2. The Morgan fingerprint density at radius 2 is 1.83 bits per heavy atom. The maximum Gasteiger partial charge on any atom is 0.306 e. The molecule has 1 atom stereocenters. The van der Waals surface area contributed by atoms with E-state index in [0.717, 1.165) is 5.56 Å². The summed E-state index contributed by atoms with van der Waals surface area (Å²) >= 11 is 5.95. The van der Waals surface area contributed by atoms with Gasteiger partial charge in [-0.15, -0.1) is 0 Å². The second-order valence-electron chi connectivity index (χ2n) is 6.55. The Morgan fingerprint density at radius 1 is 1.17 bits per heavy atom. The Bertz CT molecular complexity index is 1010. The molecule has 0 heterocycles. The van der Waals surface area contributed by atoms with Crippen molar-refractivity contribution >= 4 is 39.2 Å². The van der Waals surface area contributed by atoms with Gasteiger partial charge in [0, 0.05) is 17.1 Å². The van der Waals surface area contributed by atoms with Crippen LogP contribution in [0.3, 0.4) is 0 Å². The number of ether oxygens (including phenoxy) is 2. The Labute approximate surface area is 180 Å². The van der Waals surface area contributed by atoms with E-state index in [1.807, 2.05) is 13.0 Å². The summed E-state index contributed by atoms with van der Waals surface area (Å²) in [6.45, 7) is 3.62. The van der Waals surface area contributed by atoms with Gasteiger partial charge >= 0.3 is 5.97 Å². The number of halogens is 1. The number of hydrogen-bond acceptors (Lipinski definition) is 6. The van der Waals surface area contributed by atoms with Gasteiger partial charge in [0.25, 0.3) is 5.91 Å². The fourth-order valence-corrected chi connectivity index (χ4v) is 3.03. The molecule has 3 N–H and O–H groups in total. The Morgan fingerprint density at radius 3 is 2.43 bits per heavy atom. The van der Waals surface area contributed by atoms with Crippen molar-refractivity contribution in [1.29, 1.82) is 0 Å². The fourth-order valence-electron chi connectivity index (χ4n) is 2.39. The molecule has 162 valence electrons. The van der Waals surface area contributed by atoms with Crippen LogP contribution in [-0.2, 0) is 24.3 Å². The van der Waals surface area contributed by atoms with E-state index in [-0.39, 0.29) is 11.3 Å². The van der Waals surface area contributed by atoms with Crippen molar-refractivity contribution in [2.24, 2.45) is 5.14 Å². The van der Waals surface area contributed by atoms with E-state index in [4.69, 9.17) is 26.2 Å². The van der Waals surface area contributed by atoms with E-state index in [9.17, 15) is 18.0 Å². The smallest absolute Gasteiger partial charge is 0.306 e. The molecule has 0 aliphatic heterocycles. The maximum absolute atomic E-state index is 12.1. The van der Waals surface area contributed by atoms with Gasteiger partial charge in [-0.2, -0.15) is 0 Å². The molecule has 0 spiro atoms. The highest BCUT2D eigenvalue weighted by Crippen LogP contribution is 2.21. The zero-order valence-corrected chi connectivity index (χ0v) is 18.1. The van der Waals surface area contributed by atoms with Gasteiger partial charge in [-0.1, -0.05) is 11.6 Å². The largest absolute Gasteiger partial charge is 0.494 e. The monoisotopic (exact) mass is 454 g/mol. The van der Waals surface area contributed by atoms with Crippen LogP contribution in [-0.4, -0.2) is 33.0 Å². The van der Waals surface area contributed by atoms with Crippen LogP contribution in [0, 0.1) is 6.92 Å². The first-order valence-corrected chi connectivity index (χ1v) is 11.0. The van der Waals surface area contributed by atoms with Crippen LogP contribution in [0.4, 0.5) is 5.69 Å².